The van der Waals surface area contributed by atoms with Crippen LogP contribution in [0.15, 0.2) is 79.4 Å². The van der Waals surface area contributed by atoms with Gasteiger partial charge in [0.15, 0.2) is 28.8 Å². The fourth-order valence-electron chi connectivity index (χ4n) is 2.48. The molecule has 0 saturated carbocycles. The van der Waals surface area contributed by atoms with Crippen molar-refractivity contribution in [3.05, 3.63) is 90.5 Å². The second-order valence-electron chi connectivity index (χ2n) is 5.68. The van der Waals surface area contributed by atoms with Crippen molar-refractivity contribution in [2.24, 2.45) is 0 Å². The maximum absolute atomic E-state index is 12.9. The normalized spacial score (nSPS) is 10.2. The van der Waals surface area contributed by atoms with Gasteiger partial charge in [-0.3, -0.25) is 4.79 Å². The summed E-state index contributed by atoms with van der Waals surface area (Å²) in [7, 11) is 0. The molecule has 27 heavy (non-hydrogen) atoms. The maximum atomic E-state index is 12.9. The molecule has 0 fully saturated rings. The van der Waals surface area contributed by atoms with Crippen LogP contribution < -0.4 is 9.47 Å². The summed E-state index contributed by atoms with van der Waals surface area (Å²) in [4.78, 5) is 12.9. The second kappa shape index (κ2) is 8.10. The molecule has 2 N–H and O–H groups in total. The highest BCUT2D eigenvalue weighted by Gasteiger charge is 2.19. The number of benzene rings is 3. The lowest BCUT2D eigenvalue weighted by Gasteiger charge is -2.13. The highest BCUT2D eigenvalue weighted by atomic mass is 16.5. The minimum atomic E-state index is -0.327. The third-order valence-corrected chi connectivity index (χ3v) is 3.80. The molecule has 136 valence electrons. The summed E-state index contributed by atoms with van der Waals surface area (Å²) in [5, 5.41) is 20.1. The molecule has 3 aromatic carbocycles. The Kier molecular flexibility index (Phi) is 5.42. The van der Waals surface area contributed by atoms with Crippen molar-refractivity contribution in [2.45, 2.75) is 0 Å². The standard InChI is InChI=1S/C22H18O5/c1-2-14-26-16-12-10-15(11-13-16)21(25)17-6-5-8-19(24)22(17)27-20-9-4-3-7-18(20)23/h2-13,23-24H,1,14H2. The average molecular weight is 362 g/mol. The zero-order valence-corrected chi connectivity index (χ0v) is 14.5. The third-order valence-electron chi connectivity index (χ3n) is 3.80. The van der Waals surface area contributed by atoms with Crippen molar-refractivity contribution in [1.82, 2.24) is 0 Å². The van der Waals surface area contributed by atoms with Gasteiger partial charge >= 0.3 is 0 Å². The first-order valence-electron chi connectivity index (χ1n) is 8.26. The molecule has 0 saturated heterocycles. The van der Waals surface area contributed by atoms with Gasteiger partial charge in [-0.2, -0.15) is 0 Å². The van der Waals surface area contributed by atoms with Gasteiger partial charge in [-0.25, -0.2) is 0 Å². The molecule has 0 unspecified atom stereocenters. The van der Waals surface area contributed by atoms with Gasteiger partial charge in [0, 0.05) is 5.56 Å². The first kappa shape index (κ1) is 18.1. The van der Waals surface area contributed by atoms with Gasteiger partial charge in [0.05, 0.1) is 5.56 Å². The lowest BCUT2D eigenvalue weighted by molar-refractivity contribution is 0.103. The number of rotatable bonds is 7. The van der Waals surface area contributed by atoms with Crippen molar-refractivity contribution in [3.63, 3.8) is 0 Å². The zero-order chi connectivity index (χ0) is 19.2. The topological polar surface area (TPSA) is 76.0 Å². The minimum Gasteiger partial charge on any atom is -0.504 e. The van der Waals surface area contributed by atoms with Crippen molar-refractivity contribution in [3.8, 4) is 28.7 Å². The molecule has 0 bridgehead atoms. The predicted octanol–water partition coefficient (Wildman–Crippen LogP) is 4.69. The van der Waals surface area contributed by atoms with Gasteiger partial charge in [-0.1, -0.05) is 30.9 Å². The minimum absolute atomic E-state index is 0.0176. The van der Waals surface area contributed by atoms with Crippen molar-refractivity contribution < 1.29 is 24.5 Å². The second-order valence-corrected chi connectivity index (χ2v) is 5.68. The highest BCUT2D eigenvalue weighted by molar-refractivity contribution is 6.11. The predicted molar refractivity (Wildman–Crippen MR) is 102 cm³/mol. The zero-order valence-electron chi connectivity index (χ0n) is 14.5. The Bertz CT molecular complexity index is 961. The molecule has 0 radical (unpaired) electrons. The highest BCUT2D eigenvalue weighted by Crippen LogP contribution is 2.38. The number of carbonyl (C=O) groups excluding carboxylic acids is 1. The van der Waals surface area contributed by atoms with E-state index in [9.17, 15) is 15.0 Å². The Morgan fingerprint density at radius 1 is 0.926 bits per heavy atom. The Morgan fingerprint density at radius 2 is 1.63 bits per heavy atom. The van der Waals surface area contributed by atoms with Gasteiger partial charge < -0.3 is 19.7 Å². The molecule has 0 atom stereocenters. The summed E-state index contributed by atoms with van der Waals surface area (Å²) in [5.41, 5.74) is 0.590. The van der Waals surface area contributed by atoms with Crippen LogP contribution in [-0.2, 0) is 0 Å². The van der Waals surface area contributed by atoms with Gasteiger partial charge in [-0.05, 0) is 48.5 Å². The summed E-state index contributed by atoms with van der Waals surface area (Å²) in [6.45, 7) is 3.96. The molecule has 3 aromatic rings. The van der Waals surface area contributed by atoms with E-state index in [0.29, 0.717) is 17.9 Å². The number of phenols is 2. The SMILES string of the molecule is C=CCOc1ccc(C(=O)c2cccc(O)c2Oc2ccccc2O)cc1. The van der Waals surface area contributed by atoms with Crippen molar-refractivity contribution in [2.75, 3.05) is 6.61 Å². The van der Waals surface area contributed by atoms with Crippen molar-refractivity contribution >= 4 is 5.78 Å². The van der Waals surface area contributed by atoms with Gasteiger partial charge in [0.25, 0.3) is 0 Å². The molecule has 0 aliphatic carbocycles. The van der Waals surface area contributed by atoms with Crippen LogP contribution in [0.3, 0.4) is 0 Å². The number of ether oxygens (including phenoxy) is 2. The van der Waals surface area contributed by atoms with E-state index in [-0.39, 0.29) is 34.3 Å². The average Bonchev–Trinajstić information content (AvgIpc) is 2.69. The molecule has 0 aliphatic rings. The Labute approximate surface area is 156 Å². The van der Waals surface area contributed by atoms with E-state index in [1.54, 1.807) is 60.7 Å². The summed E-state index contributed by atoms with van der Waals surface area (Å²) in [6, 6.07) is 17.5. The molecular formula is C22H18O5. The van der Waals surface area contributed by atoms with Gasteiger partial charge in [0.1, 0.15) is 12.4 Å². The number of ketones is 1. The summed E-state index contributed by atoms with van der Waals surface area (Å²) in [6.07, 6.45) is 1.63. The molecule has 0 spiro atoms. The molecule has 0 aromatic heterocycles. The number of hydrogen-bond donors (Lipinski definition) is 2. The smallest absolute Gasteiger partial charge is 0.196 e. The monoisotopic (exact) mass is 362 g/mol. The lowest BCUT2D eigenvalue weighted by atomic mass is 10.0. The molecule has 3 rings (SSSR count). The largest absolute Gasteiger partial charge is 0.504 e. The molecule has 0 heterocycles. The van der Waals surface area contributed by atoms with E-state index in [1.165, 1.54) is 12.1 Å². The van der Waals surface area contributed by atoms with Gasteiger partial charge in [0.2, 0.25) is 0 Å². The number of aromatic hydroxyl groups is 2. The van der Waals surface area contributed by atoms with E-state index in [0.717, 1.165) is 0 Å². The van der Waals surface area contributed by atoms with Crippen LogP contribution in [0.1, 0.15) is 15.9 Å². The molecular weight excluding hydrogens is 344 g/mol. The quantitative estimate of drug-likeness (QED) is 0.471. The van der Waals surface area contributed by atoms with Crippen LogP contribution in [0, 0.1) is 0 Å². The first-order valence-corrected chi connectivity index (χ1v) is 8.26. The van der Waals surface area contributed by atoms with Crippen molar-refractivity contribution in [1.29, 1.82) is 0 Å². The molecule has 0 aliphatic heterocycles. The fraction of sp³-hybridized carbons (Fsp3) is 0.0455. The Morgan fingerprint density at radius 3 is 2.33 bits per heavy atom. The number of para-hydroxylation sites is 3. The van der Waals surface area contributed by atoms with Crippen LogP contribution in [-0.4, -0.2) is 22.6 Å². The third kappa shape index (κ3) is 4.10. The Balaban J connectivity index is 1.92. The number of phenolic OH excluding ortho intramolecular Hbond substituents is 2. The van der Waals surface area contributed by atoms with Crippen LogP contribution in [0.2, 0.25) is 0 Å². The van der Waals surface area contributed by atoms with Crippen LogP contribution in [0.4, 0.5) is 0 Å². The van der Waals surface area contributed by atoms with E-state index in [2.05, 4.69) is 6.58 Å². The van der Waals surface area contributed by atoms with E-state index in [4.69, 9.17) is 9.47 Å². The molecule has 5 nitrogen and oxygen atoms in total. The Hall–Kier alpha value is -3.73. The van der Waals surface area contributed by atoms with Crippen LogP contribution in [0.5, 0.6) is 28.7 Å². The summed E-state index contributed by atoms with van der Waals surface area (Å²) in [5.74, 6) is 0.120. The number of carbonyl (C=O) groups is 1. The maximum Gasteiger partial charge on any atom is 0.196 e. The van der Waals surface area contributed by atoms with E-state index in [1.807, 2.05) is 0 Å². The molecule has 5 heteroatoms. The summed E-state index contributed by atoms with van der Waals surface area (Å²) < 4.78 is 11.0. The fourth-order valence-corrected chi connectivity index (χ4v) is 2.48. The van der Waals surface area contributed by atoms with Gasteiger partial charge in [-0.15, -0.1) is 0 Å². The molecule has 0 amide bonds. The first-order chi connectivity index (χ1) is 13.1. The van der Waals surface area contributed by atoms with E-state index < -0.39 is 0 Å². The van der Waals surface area contributed by atoms with E-state index >= 15 is 0 Å². The summed E-state index contributed by atoms with van der Waals surface area (Å²) >= 11 is 0. The van der Waals surface area contributed by atoms with Crippen LogP contribution in [0.25, 0.3) is 0 Å². The lowest BCUT2D eigenvalue weighted by Crippen LogP contribution is -2.04. The van der Waals surface area contributed by atoms with Crippen LogP contribution >= 0.6 is 0 Å². The number of hydrogen-bond acceptors (Lipinski definition) is 5.